The number of alkyl halides is 2. The zero-order chi connectivity index (χ0) is 19.5. The second-order valence-electron chi connectivity index (χ2n) is 8.56. The average molecular weight is 505 g/mol. The van der Waals surface area contributed by atoms with Gasteiger partial charge in [-0.05, 0) is 48.6 Å². The van der Waals surface area contributed by atoms with Crippen molar-refractivity contribution in [2.45, 2.75) is 67.7 Å². The number of hydrogen-bond donors (Lipinski definition) is 1. The van der Waals surface area contributed by atoms with Crippen LogP contribution < -0.4 is 0 Å². The maximum Gasteiger partial charge on any atom is 0.0818 e. The second-order valence-corrected chi connectivity index (χ2v) is 9.68. The second kappa shape index (κ2) is 11.1. The van der Waals surface area contributed by atoms with E-state index in [2.05, 4.69) is 42.5 Å². The maximum absolute atomic E-state index is 10.7. The van der Waals surface area contributed by atoms with Gasteiger partial charge in [-0.25, -0.2) is 0 Å². The molecule has 0 aliphatic heterocycles. The molecule has 2 aliphatic carbocycles. The van der Waals surface area contributed by atoms with Crippen LogP contribution in [0.2, 0.25) is 0 Å². The molecule has 0 heterocycles. The smallest absolute Gasteiger partial charge is 0.0818 e. The van der Waals surface area contributed by atoms with E-state index >= 15 is 0 Å². The van der Waals surface area contributed by atoms with E-state index in [4.69, 9.17) is 23.2 Å². The van der Waals surface area contributed by atoms with Gasteiger partial charge < -0.3 is 5.11 Å². The number of aryl methyl sites for hydroxylation is 1. The molecule has 29 heavy (non-hydrogen) atoms. The third-order valence-corrected chi connectivity index (χ3v) is 7.78. The summed E-state index contributed by atoms with van der Waals surface area (Å²) in [6.45, 7) is 0. The van der Waals surface area contributed by atoms with Gasteiger partial charge in [0, 0.05) is 49.4 Å². The molecule has 4 heteroatoms. The molecule has 5 unspecified atom stereocenters. The molecule has 2 aromatic carbocycles. The predicted octanol–water partition coefficient (Wildman–Crippen LogP) is 6.66. The SMILES string of the molecule is OC(c1ccc(C2C(Cl)CC(Cl)C2CCc2cc[c-]cc2)cc1)C1CCCC1.[Y]. The number of benzene rings is 2. The molecule has 1 N–H and O–H groups in total. The average Bonchev–Trinajstić information content (AvgIpc) is 3.35. The molecule has 2 fully saturated rings. The van der Waals surface area contributed by atoms with Crippen molar-refractivity contribution in [3.05, 3.63) is 71.3 Å². The van der Waals surface area contributed by atoms with Crippen LogP contribution in [0.15, 0.2) is 48.5 Å². The first kappa shape index (κ1) is 23.7. The van der Waals surface area contributed by atoms with E-state index in [1.807, 2.05) is 12.1 Å². The molecule has 0 amide bonds. The Morgan fingerprint density at radius 2 is 1.62 bits per heavy atom. The molecule has 2 aliphatic rings. The molecular weight excluding hydrogens is 476 g/mol. The standard InChI is InChI=1S/C25H29Cl2O.Y/c26-22-16-23(27)24(21(22)15-10-17-6-2-1-3-7-17)18-11-13-20(14-12-18)25(28)19-8-4-5-9-19;/h2-3,6-7,11-14,19,21-25,28H,4-5,8-10,15-16H2;/q-1;. The summed E-state index contributed by atoms with van der Waals surface area (Å²) in [5, 5.41) is 10.9. The van der Waals surface area contributed by atoms with E-state index in [-0.39, 0.29) is 55.5 Å². The van der Waals surface area contributed by atoms with Gasteiger partial charge in [-0.1, -0.05) is 43.5 Å². The Kier molecular flexibility index (Phi) is 9.09. The van der Waals surface area contributed by atoms with Gasteiger partial charge >= 0.3 is 0 Å². The van der Waals surface area contributed by atoms with E-state index < -0.39 is 0 Å². The van der Waals surface area contributed by atoms with Crippen molar-refractivity contribution in [3.8, 4) is 0 Å². The number of aliphatic hydroxyl groups is 1. The van der Waals surface area contributed by atoms with Crippen LogP contribution in [0.3, 0.4) is 0 Å². The summed E-state index contributed by atoms with van der Waals surface area (Å²) in [5.74, 6) is 1.07. The molecule has 4 rings (SSSR count). The third-order valence-electron chi connectivity index (χ3n) is 6.83. The minimum absolute atomic E-state index is 0. The van der Waals surface area contributed by atoms with Crippen LogP contribution in [0.4, 0.5) is 0 Å². The van der Waals surface area contributed by atoms with Crippen LogP contribution in [-0.4, -0.2) is 15.9 Å². The Morgan fingerprint density at radius 1 is 0.966 bits per heavy atom. The third kappa shape index (κ3) is 5.66. The Labute approximate surface area is 210 Å². The molecule has 0 spiro atoms. The number of halogens is 2. The van der Waals surface area contributed by atoms with E-state index in [9.17, 15) is 5.11 Å². The van der Waals surface area contributed by atoms with Gasteiger partial charge in [0.25, 0.3) is 0 Å². The monoisotopic (exact) mass is 504 g/mol. The first-order chi connectivity index (χ1) is 13.6. The summed E-state index contributed by atoms with van der Waals surface area (Å²) in [7, 11) is 0. The molecule has 2 saturated carbocycles. The van der Waals surface area contributed by atoms with Crippen molar-refractivity contribution in [2.24, 2.45) is 11.8 Å². The van der Waals surface area contributed by atoms with Crippen molar-refractivity contribution in [1.29, 1.82) is 0 Å². The maximum atomic E-state index is 10.7. The Morgan fingerprint density at radius 3 is 2.28 bits per heavy atom. The predicted molar refractivity (Wildman–Crippen MR) is 117 cm³/mol. The van der Waals surface area contributed by atoms with Crippen LogP contribution >= 0.6 is 23.2 Å². The van der Waals surface area contributed by atoms with Gasteiger partial charge in [-0.2, -0.15) is 35.9 Å². The molecule has 0 bridgehead atoms. The van der Waals surface area contributed by atoms with Gasteiger partial charge in [-0.3, -0.25) is 0 Å². The molecule has 0 aromatic heterocycles. The van der Waals surface area contributed by atoms with Crippen molar-refractivity contribution in [2.75, 3.05) is 0 Å². The van der Waals surface area contributed by atoms with Crippen molar-refractivity contribution in [1.82, 2.24) is 0 Å². The summed E-state index contributed by atoms with van der Waals surface area (Å²) in [6.07, 6.45) is 7.35. The van der Waals surface area contributed by atoms with Gasteiger partial charge in [0.1, 0.15) is 0 Å². The molecule has 2 aromatic rings. The molecule has 0 saturated heterocycles. The molecule has 1 radical (unpaired) electrons. The Bertz CT molecular complexity index is 745. The Hall–Kier alpha value is 0.0839. The summed E-state index contributed by atoms with van der Waals surface area (Å²) in [6, 6.07) is 19.8. The minimum atomic E-state index is -0.335. The van der Waals surface area contributed by atoms with E-state index in [1.165, 1.54) is 24.0 Å². The van der Waals surface area contributed by atoms with Crippen LogP contribution in [0, 0.1) is 17.9 Å². The first-order valence-electron chi connectivity index (χ1n) is 10.6. The van der Waals surface area contributed by atoms with Gasteiger partial charge in [0.05, 0.1) is 6.10 Å². The van der Waals surface area contributed by atoms with Crippen LogP contribution in [0.1, 0.15) is 67.2 Å². The minimum Gasteiger partial charge on any atom is -0.388 e. The summed E-state index contributed by atoms with van der Waals surface area (Å²) >= 11 is 13.5. The summed E-state index contributed by atoms with van der Waals surface area (Å²) < 4.78 is 0. The van der Waals surface area contributed by atoms with Crippen LogP contribution in [0.5, 0.6) is 0 Å². The molecular formula is C25H29Cl2OY-. The van der Waals surface area contributed by atoms with Crippen LogP contribution in [-0.2, 0) is 39.1 Å². The zero-order valence-corrected chi connectivity index (χ0v) is 21.2. The van der Waals surface area contributed by atoms with Crippen molar-refractivity contribution in [3.63, 3.8) is 0 Å². The topological polar surface area (TPSA) is 20.2 Å². The van der Waals surface area contributed by atoms with Gasteiger partial charge in [0.15, 0.2) is 0 Å². The summed E-state index contributed by atoms with van der Waals surface area (Å²) in [4.78, 5) is 0. The van der Waals surface area contributed by atoms with E-state index in [0.717, 1.165) is 37.7 Å². The fraction of sp³-hybridized carbons (Fsp3) is 0.520. The van der Waals surface area contributed by atoms with Crippen LogP contribution in [0.25, 0.3) is 0 Å². The van der Waals surface area contributed by atoms with Crippen molar-refractivity contribution >= 4 is 23.2 Å². The largest absolute Gasteiger partial charge is 0.388 e. The molecule has 1 nitrogen and oxygen atoms in total. The quantitative estimate of drug-likeness (QED) is 0.344. The van der Waals surface area contributed by atoms with Crippen molar-refractivity contribution < 1.29 is 37.8 Å². The van der Waals surface area contributed by atoms with Gasteiger partial charge in [-0.15, -0.1) is 23.2 Å². The molecule has 153 valence electrons. The number of aliphatic hydroxyl groups excluding tert-OH is 1. The Balaban J connectivity index is 0.00000240. The fourth-order valence-corrected chi connectivity index (χ4v) is 6.32. The van der Waals surface area contributed by atoms with E-state index in [1.54, 1.807) is 0 Å². The number of hydrogen-bond acceptors (Lipinski definition) is 1. The van der Waals surface area contributed by atoms with Gasteiger partial charge in [0.2, 0.25) is 0 Å². The first-order valence-corrected chi connectivity index (χ1v) is 11.5. The number of rotatable bonds is 6. The molecule has 5 atom stereocenters. The fourth-order valence-electron chi connectivity index (χ4n) is 5.23. The normalized spacial score (nSPS) is 28.2. The van der Waals surface area contributed by atoms with E-state index in [0.29, 0.717) is 11.8 Å². The zero-order valence-electron chi connectivity index (χ0n) is 16.8. The summed E-state index contributed by atoms with van der Waals surface area (Å²) in [5.41, 5.74) is 3.63.